The Labute approximate surface area is 144 Å². The summed E-state index contributed by atoms with van der Waals surface area (Å²) in [5.41, 5.74) is 0.983. The molecule has 1 saturated heterocycles. The van der Waals surface area contributed by atoms with Crippen LogP contribution in [0.4, 0.5) is 4.79 Å². The van der Waals surface area contributed by atoms with Crippen LogP contribution < -0.4 is 5.32 Å². The predicted molar refractivity (Wildman–Crippen MR) is 93.5 cm³/mol. The van der Waals surface area contributed by atoms with Gasteiger partial charge in [0.25, 0.3) is 0 Å². The number of rotatable bonds is 5. The number of carbonyl (C=O) groups is 2. The molecule has 0 radical (unpaired) electrons. The molecule has 2 amide bonds. The fourth-order valence-corrected chi connectivity index (χ4v) is 3.05. The molecule has 1 fully saturated rings. The lowest BCUT2D eigenvalue weighted by Gasteiger charge is -2.28. The second-order valence-corrected chi connectivity index (χ2v) is 6.81. The largest absolute Gasteiger partial charge is 0.445 e. The van der Waals surface area contributed by atoms with Gasteiger partial charge < -0.3 is 15.0 Å². The Hall–Kier alpha value is -2.04. The predicted octanol–water partition coefficient (Wildman–Crippen LogP) is 3.34. The van der Waals surface area contributed by atoms with Gasteiger partial charge >= 0.3 is 6.09 Å². The maximum absolute atomic E-state index is 11.9. The lowest BCUT2D eigenvalue weighted by molar-refractivity contribution is -0.130. The van der Waals surface area contributed by atoms with E-state index < -0.39 is 0 Å². The van der Waals surface area contributed by atoms with E-state index in [9.17, 15) is 9.59 Å². The van der Waals surface area contributed by atoms with Crippen molar-refractivity contribution < 1.29 is 14.3 Å². The Morgan fingerprint density at radius 1 is 1.21 bits per heavy atom. The smallest absolute Gasteiger partial charge is 0.407 e. The van der Waals surface area contributed by atoms with Crippen LogP contribution in [0.25, 0.3) is 0 Å². The number of carbonyl (C=O) groups excluding carboxylic acids is 2. The van der Waals surface area contributed by atoms with Crippen molar-refractivity contribution in [2.24, 2.45) is 5.41 Å². The van der Waals surface area contributed by atoms with Crippen LogP contribution in [-0.2, 0) is 16.1 Å². The molecule has 24 heavy (non-hydrogen) atoms. The molecule has 132 valence electrons. The first-order valence-electron chi connectivity index (χ1n) is 8.75. The summed E-state index contributed by atoms with van der Waals surface area (Å²) in [4.78, 5) is 25.7. The van der Waals surface area contributed by atoms with Gasteiger partial charge in [0, 0.05) is 26.1 Å². The summed E-state index contributed by atoms with van der Waals surface area (Å²) in [6, 6.07) is 9.64. The number of hydrogen-bond donors (Lipinski definition) is 1. The minimum atomic E-state index is -0.384. The van der Waals surface area contributed by atoms with Gasteiger partial charge in [-0.05, 0) is 30.2 Å². The van der Waals surface area contributed by atoms with Gasteiger partial charge in [0.05, 0.1) is 0 Å². The minimum Gasteiger partial charge on any atom is -0.445 e. The summed E-state index contributed by atoms with van der Waals surface area (Å²) >= 11 is 0. The zero-order chi connectivity index (χ0) is 17.4. The van der Waals surface area contributed by atoms with E-state index in [1.165, 1.54) is 0 Å². The summed E-state index contributed by atoms with van der Waals surface area (Å²) in [5.74, 6) is 0.217. The van der Waals surface area contributed by atoms with Crippen molar-refractivity contribution in [1.29, 1.82) is 0 Å². The maximum Gasteiger partial charge on any atom is 0.407 e. The molecule has 1 N–H and O–H groups in total. The molecule has 2 rings (SSSR count). The van der Waals surface area contributed by atoms with Gasteiger partial charge in [-0.15, -0.1) is 0 Å². The summed E-state index contributed by atoms with van der Waals surface area (Å²) in [7, 11) is 0. The van der Waals surface area contributed by atoms with Crippen molar-refractivity contribution in [3.63, 3.8) is 0 Å². The number of nitrogens with one attached hydrogen (secondary N) is 1. The number of likely N-dealkylation sites (tertiary alicyclic amines) is 1. The van der Waals surface area contributed by atoms with Crippen LogP contribution in [0.5, 0.6) is 0 Å². The number of ether oxygens (including phenoxy) is 1. The molecule has 5 nitrogen and oxygen atoms in total. The van der Waals surface area contributed by atoms with Crippen LogP contribution in [0.15, 0.2) is 30.3 Å². The Balaban J connectivity index is 1.75. The first kappa shape index (κ1) is 18.3. The number of amides is 2. The van der Waals surface area contributed by atoms with Crippen molar-refractivity contribution in [3.8, 4) is 0 Å². The van der Waals surface area contributed by atoms with E-state index in [0.29, 0.717) is 13.0 Å². The van der Waals surface area contributed by atoms with Crippen molar-refractivity contribution in [2.75, 3.05) is 19.6 Å². The molecule has 1 aliphatic heterocycles. The molecule has 0 aliphatic carbocycles. The Bertz CT molecular complexity index is 547. The van der Waals surface area contributed by atoms with E-state index in [0.717, 1.165) is 37.9 Å². The molecule has 5 heteroatoms. The van der Waals surface area contributed by atoms with E-state index in [-0.39, 0.29) is 24.0 Å². The van der Waals surface area contributed by atoms with Gasteiger partial charge in [-0.1, -0.05) is 44.2 Å². The standard InChI is InChI=1S/C19H28N2O3/c1-3-17(22)21-12-7-10-19(2,11-13-21)15-20-18(23)24-14-16-8-5-4-6-9-16/h4-6,8-9H,3,7,10-15H2,1-2H3,(H,20,23). The molecule has 1 aromatic carbocycles. The van der Waals surface area contributed by atoms with Gasteiger partial charge in [-0.3, -0.25) is 4.79 Å². The van der Waals surface area contributed by atoms with Crippen LogP contribution in [0.2, 0.25) is 0 Å². The summed E-state index contributed by atoms with van der Waals surface area (Å²) in [6.07, 6.45) is 3.05. The third-order valence-corrected chi connectivity index (χ3v) is 4.72. The summed E-state index contributed by atoms with van der Waals surface area (Å²) in [5, 5.41) is 2.88. The van der Waals surface area contributed by atoms with Gasteiger partial charge in [0.2, 0.25) is 5.91 Å². The van der Waals surface area contributed by atoms with Crippen molar-refractivity contribution >= 4 is 12.0 Å². The van der Waals surface area contributed by atoms with E-state index in [4.69, 9.17) is 4.74 Å². The third kappa shape index (κ3) is 5.55. The third-order valence-electron chi connectivity index (χ3n) is 4.72. The highest BCUT2D eigenvalue weighted by molar-refractivity contribution is 5.75. The minimum absolute atomic E-state index is 0.00847. The Morgan fingerprint density at radius 3 is 2.67 bits per heavy atom. The first-order chi connectivity index (χ1) is 11.5. The molecule has 1 unspecified atom stereocenters. The Morgan fingerprint density at radius 2 is 1.96 bits per heavy atom. The lowest BCUT2D eigenvalue weighted by Crippen LogP contribution is -2.37. The summed E-state index contributed by atoms with van der Waals surface area (Å²) in [6.45, 7) is 6.52. The van der Waals surface area contributed by atoms with Crippen LogP contribution in [-0.4, -0.2) is 36.5 Å². The molecule has 0 bridgehead atoms. The van der Waals surface area contributed by atoms with Gasteiger partial charge in [-0.25, -0.2) is 4.79 Å². The molecular formula is C19H28N2O3. The average molecular weight is 332 g/mol. The van der Waals surface area contributed by atoms with Gasteiger partial charge in [-0.2, -0.15) is 0 Å². The van der Waals surface area contributed by atoms with E-state index in [1.807, 2.05) is 42.2 Å². The zero-order valence-electron chi connectivity index (χ0n) is 14.7. The van der Waals surface area contributed by atoms with Crippen molar-refractivity contribution in [2.45, 2.75) is 46.1 Å². The molecule has 1 atom stereocenters. The number of nitrogens with zero attached hydrogens (tertiary/aromatic N) is 1. The van der Waals surface area contributed by atoms with E-state index in [1.54, 1.807) is 0 Å². The van der Waals surface area contributed by atoms with Crippen LogP contribution in [0, 0.1) is 5.41 Å². The molecule has 1 aliphatic rings. The number of benzene rings is 1. The number of alkyl carbamates (subject to hydrolysis) is 1. The highest BCUT2D eigenvalue weighted by atomic mass is 16.5. The van der Waals surface area contributed by atoms with Crippen molar-refractivity contribution in [1.82, 2.24) is 10.2 Å². The quantitative estimate of drug-likeness (QED) is 0.899. The highest BCUT2D eigenvalue weighted by Crippen LogP contribution is 2.30. The molecule has 0 spiro atoms. The lowest BCUT2D eigenvalue weighted by atomic mass is 9.83. The van der Waals surface area contributed by atoms with E-state index >= 15 is 0 Å². The second-order valence-electron chi connectivity index (χ2n) is 6.81. The normalized spacial score (nSPS) is 21.0. The molecule has 1 aromatic rings. The monoisotopic (exact) mass is 332 g/mol. The molecule has 0 aromatic heterocycles. The highest BCUT2D eigenvalue weighted by Gasteiger charge is 2.29. The zero-order valence-corrected chi connectivity index (χ0v) is 14.7. The van der Waals surface area contributed by atoms with Gasteiger partial charge in [0.1, 0.15) is 6.61 Å². The fourth-order valence-electron chi connectivity index (χ4n) is 3.05. The number of hydrogen-bond acceptors (Lipinski definition) is 3. The van der Waals surface area contributed by atoms with Crippen LogP contribution in [0.1, 0.15) is 45.1 Å². The van der Waals surface area contributed by atoms with Crippen LogP contribution >= 0.6 is 0 Å². The average Bonchev–Trinajstić information content (AvgIpc) is 2.81. The topological polar surface area (TPSA) is 58.6 Å². The van der Waals surface area contributed by atoms with Gasteiger partial charge in [0.15, 0.2) is 0 Å². The molecule has 0 saturated carbocycles. The van der Waals surface area contributed by atoms with Crippen LogP contribution in [0.3, 0.4) is 0 Å². The Kier molecular flexibility index (Phi) is 6.64. The molecular weight excluding hydrogens is 304 g/mol. The molecule has 1 heterocycles. The fraction of sp³-hybridized carbons (Fsp3) is 0.579. The SMILES string of the molecule is CCC(=O)N1CCCC(C)(CNC(=O)OCc2ccccc2)CC1. The summed E-state index contributed by atoms with van der Waals surface area (Å²) < 4.78 is 5.26. The second kappa shape index (κ2) is 8.71. The van der Waals surface area contributed by atoms with E-state index in [2.05, 4.69) is 12.2 Å². The van der Waals surface area contributed by atoms with Crippen molar-refractivity contribution in [3.05, 3.63) is 35.9 Å². The first-order valence-corrected chi connectivity index (χ1v) is 8.75. The maximum atomic E-state index is 11.9.